The smallest absolute Gasteiger partial charge is 0.241 e. The fourth-order valence-corrected chi connectivity index (χ4v) is 2.11. The van der Waals surface area contributed by atoms with Gasteiger partial charge in [0.2, 0.25) is 5.91 Å². The highest BCUT2D eigenvalue weighted by atomic mass is 35.5. The number of alkyl halides is 1. The first-order valence-electron chi connectivity index (χ1n) is 5.09. The lowest BCUT2D eigenvalue weighted by molar-refractivity contribution is -0.116. The van der Waals surface area contributed by atoms with E-state index in [1.165, 1.54) is 4.90 Å². The van der Waals surface area contributed by atoms with Crippen molar-refractivity contribution in [2.75, 3.05) is 17.3 Å². The maximum atomic E-state index is 13.5. The average Bonchev–Trinajstić information content (AvgIpc) is 2.34. The number of amides is 1. The van der Waals surface area contributed by atoms with E-state index in [1.54, 1.807) is 0 Å². The van der Waals surface area contributed by atoms with Gasteiger partial charge in [0, 0.05) is 18.2 Å². The Labute approximate surface area is 101 Å². The Bertz CT molecular complexity index is 478. The number of fused-ring (bicyclic) bond motifs is 1. The van der Waals surface area contributed by atoms with E-state index >= 15 is 0 Å². The Morgan fingerprint density at radius 3 is 2.71 bits per heavy atom. The number of rotatable bonds is 1. The fraction of sp³-hybridized carbons (Fsp3) is 0.364. The van der Waals surface area contributed by atoms with Crippen molar-refractivity contribution < 1.29 is 18.0 Å². The van der Waals surface area contributed by atoms with E-state index in [0.717, 1.165) is 6.07 Å². The monoisotopic (exact) mass is 263 g/mol. The van der Waals surface area contributed by atoms with E-state index in [4.69, 9.17) is 11.6 Å². The molecule has 0 radical (unpaired) electrons. The van der Waals surface area contributed by atoms with Gasteiger partial charge in [0.1, 0.15) is 5.88 Å². The summed E-state index contributed by atoms with van der Waals surface area (Å²) >= 11 is 5.41. The lowest BCUT2D eigenvalue weighted by Crippen LogP contribution is -2.37. The van der Waals surface area contributed by atoms with Crippen LogP contribution in [-0.4, -0.2) is 18.3 Å². The van der Waals surface area contributed by atoms with Crippen LogP contribution in [0.4, 0.5) is 18.9 Å². The zero-order chi connectivity index (χ0) is 12.6. The van der Waals surface area contributed by atoms with Crippen molar-refractivity contribution in [2.24, 2.45) is 0 Å². The molecule has 6 heteroatoms. The van der Waals surface area contributed by atoms with Gasteiger partial charge in [0.25, 0.3) is 0 Å². The molecular formula is C11H9ClF3NO. The summed E-state index contributed by atoms with van der Waals surface area (Å²) < 4.78 is 39.7. The SMILES string of the molecule is O=C(CCl)N1CCCc2c1cc(F)c(F)c2F. The standard InChI is InChI=1S/C11H9ClF3NO/c12-5-9(17)16-3-1-2-6-8(16)4-7(13)11(15)10(6)14/h4H,1-3,5H2. The summed E-state index contributed by atoms with van der Waals surface area (Å²) in [6.45, 7) is 0.336. The van der Waals surface area contributed by atoms with Crippen LogP contribution >= 0.6 is 11.6 Å². The van der Waals surface area contributed by atoms with Crippen LogP contribution in [0.2, 0.25) is 0 Å². The number of anilines is 1. The maximum absolute atomic E-state index is 13.5. The van der Waals surface area contributed by atoms with E-state index in [-0.39, 0.29) is 23.6 Å². The van der Waals surface area contributed by atoms with Crippen LogP contribution in [0.15, 0.2) is 6.07 Å². The Balaban J connectivity index is 2.55. The Morgan fingerprint density at radius 1 is 1.35 bits per heavy atom. The first kappa shape index (κ1) is 12.2. The van der Waals surface area contributed by atoms with Crippen molar-refractivity contribution in [1.29, 1.82) is 0 Å². The largest absolute Gasteiger partial charge is 0.311 e. The molecular weight excluding hydrogens is 255 g/mol. The third-order valence-electron chi connectivity index (χ3n) is 2.75. The normalized spacial score (nSPS) is 14.7. The third kappa shape index (κ3) is 1.99. The average molecular weight is 264 g/mol. The highest BCUT2D eigenvalue weighted by Crippen LogP contribution is 2.32. The summed E-state index contributed by atoms with van der Waals surface area (Å²) in [5, 5.41) is 0. The van der Waals surface area contributed by atoms with Gasteiger partial charge >= 0.3 is 0 Å². The molecule has 2 rings (SSSR count). The highest BCUT2D eigenvalue weighted by molar-refractivity contribution is 6.29. The summed E-state index contributed by atoms with van der Waals surface area (Å²) in [4.78, 5) is 12.7. The second-order valence-electron chi connectivity index (χ2n) is 3.77. The molecule has 0 saturated carbocycles. The fourth-order valence-electron chi connectivity index (χ4n) is 1.96. The Hall–Kier alpha value is -1.23. The number of hydrogen-bond donors (Lipinski definition) is 0. The minimum Gasteiger partial charge on any atom is -0.311 e. The Kier molecular flexibility index (Phi) is 3.28. The first-order chi connectivity index (χ1) is 8.06. The summed E-state index contributed by atoms with van der Waals surface area (Å²) in [5.41, 5.74) is 0.118. The predicted octanol–water partition coefficient (Wildman–Crippen LogP) is 2.62. The number of carbonyl (C=O) groups excluding carboxylic acids is 1. The predicted molar refractivity (Wildman–Crippen MR) is 57.7 cm³/mol. The molecule has 1 aliphatic rings. The molecule has 1 aliphatic heterocycles. The number of halogens is 4. The van der Waals surface area contributed by atoms with E-state index in [9.17, 15) is 18.0 Å². The van der Waals surface area contributed by atoms with Crippen LogP contribution < -0.4 is 4.90 Å². The molecule has 0 atom stereocenters. The molecule has 2 nitrogen and oxygen atoms in total. The Morgan fingerprint density at radius 2 is 2.06 bits per heavy atom. The van der Waals surface area contributed by atoms with Crippen molar-refractivity contribution in [2.45, 2.75) is 12.8 Å². The highest BCUT2D eigenvalue weighted by Gasteiger charge is 2.27. The zero-order valence-electron chi connectivity index (χ0n) is 8.77. The molecule has 0 spiro atoms. The van der Waals surface area contributed by atoms with Gasteiger partial charge in [-0.05, 0) is 12.8 Å². The van der Waals surface area contributed by atoms with Gasteiger partial charge in [-0.2, -0.15) is 0 Å². The molecule has 0 bridgehead atoms. The number of hydrogen-bond acceptors (Lipinski definition) is 1. The minimum atomic E-state index is -1.50. The number of benzene rings is 1. The van der Waals surface area contributed by atoms with Crippen LogP contribution in [0.5, 0.6) is 0 Å². The first-order valence-corrected chi connectivity index (χ1v) is 5.62. The zero-order valence-corrected chi connectivity index (χ0v) is 9.53. The van der Waals surface area contributed by atoms with Gasteiger partial charge < -0.3 is 4.90 Å². The summed E-state index contributed by atoms with van der Waals surface area (Å²) in [5.74, 6) is -4.73. The second kappa shape index (κ2) is 4.56. The maximum Gasteiger partial charge on any atom is 0.241 e. The molecule has 1 aromatic carbocycles. The van der Waals surface area contributed by atoms with Gasteiger partial charge in [-0.3, -0.25) is 4.79 Å². The van der Waals surface area contributed by atoms with E-state index in [1.807, 2.05) is 0 Å². The molecule has 0 saturated heterocycles. The lowest BCUT2D eigenvalue weighted by atomic mass is 10.0. The minimum absolute atomic E-state index is 0.0358. The molecule has 0 aliphatic carbocycles. The molecule has 0 fully saturated rings. The van der Waals surface area contributed by atoms with Gasteiger partial charge in [-0.1, -0.05) is 0 Å². The molecule has 17 heavy (non-hydrogen) atoms. The van der Waals surface area contributed by atoms with Crippen LogP contribution in [0.1, 0.15) is 12.0 Å². The molecule has 0 unspecified atom stereocenters. The summed E-state index contributed by atoms with van der Waals surface area (Å²) in [7, 11) is 0. The van der Waals surface area contributed by atoms with Crippen LogP contribution in [0.25, 0.3) is 0 Å². The second-order valence-corrected chi connectivity index (χ2v) is 4.03. The number of carbonyl (C=O) groups is 1. The molecule has 0 N–H and O–H groups in total. The molecule has 92 valence electrons. The van der Waals surface area contributed by atoms with E-state index in [2.05, 4.69) is 0 Å². The van der Waals surface area contributed by atoms with E-state index < -0.39 is 23.4 Å². The molecule has 0 aromatic heterocycles. The third-order valence-corrected chi connectivity index (χ3v) is 2.98. The van der Waals surface area contributed by atoms with Crippen LogP contribution in [0.3, 0.4) is 0 Å². The number of nitrogens with zero attached hydrogens (tertiary/aromatic N) is 1. The van der Waals surface area contributed by atoms with Crippen molar-refractivity contribution in [3.05, 3.63) is 29.1 Å². The summed E-state index contributed by atoms with van der Waals surface area (Å²) in [6, 6.07) is 0.845. The van der Waals surface area contributed by atoms with Crippen molar-refractivity contribution in [3.8, 4) is 0 Å². The van der Waals surface area contributed by atoms with E-state index in [0.29, 0.717) is 13.0 Å². The van der Waals surface area contributed by atoms with Gasteiger partial charge in [-0.15, -0.1) is 11.6 Å². The summed E-state index contributed by atoms with van der Waals surface area (Å²) in [6.07, 6.45) is 0.780. The molecule has 1 amide bonds. The van der Waals surface area contributed by atoms with Gasteiger partial charge in [-0.25, -0.2) is 13.2 Å². The quantitative estimate of drug-likeness (QED) is 0.563. The van der Waals surface area contributed by atoms with Crippen molar-refractivity contribution in [3.63, 3.8) is 0 Å². The van der Waals surface area contributed by atoms with Gasteiger partial charge in [0.05, 0.1) is 5.69 Å². The van der Waals surface area contributed by atoms with Gasteiger partial charge in [0.15, 0.2) is 17.5 Å². The molecule has 1 heterocycles. The topological polar surface area (TPSA) is 20.3 Å². The van der Waals surface area contributed by atoms with Crippen molar-refractivity contribution >= 4 is 23.2 Å². The van der Waals surface area contributed by atoms with Crippen LogP contribution in [0, 0.1) is 17.5 Å². The van der Waals surface area contributed by atoms with Crippen LogP contribution in [-0.2, 0) is 11.2 Å². The lowest BCUT2D eigenvalue weighted by Gasteiger charge is -2.29. The van der Waals surface area contributed by atoms with Crippen molar-refractivity contribution in [1.82, 2.24) is 0 Å². The molecule has 1 aromatic rings.